The minimum Gasteiger partial charge on any atom is -0.465 e. The molecule has 0 aliphatic carbocycles. The molecule has 2 rings (SSSR count). The van der Waals surface area contributed by atoms with Gasteiger partial charge in [-0.1, -0.05) is 0 Å². The predicted octanol–water partition coefficient (Wildman–Crippen LogP) is 4.96. The lowest BCUT2D eigenvalue weighted by molar-refractivity contribution is -0.143. The second-order valence-corrected chi connectivity index (χ2v) is 5.58. The molecule has 4 nitrogen and oxygen atoms in total. The van der Waals surface area contributed by atoms with E-state index >= 15 is 0 Å². The van der Waals surface area contributed by atoms with Crippen LogP contribution >= 0.6 is 0 Å². The fraction of sp³-hybridized carbons (Fsp3) is 0.222. The maximum atomic E-state index is 13.1. The van der Waals surface area contributed by atoms with Gasteiger partial charge in [0, 0.05) is 0 Å². The van der Waals surface area contributed by atoms with E-state index in [0.717, 1.165) is 32.4 Å². The van der Waals surface area contributed by atoms with Gasteiger partial charge < -0.3 is 9.47 Å². The predicted molar refractivity (Wildman–Crippen MR) is 84.6 cm³/mol. The zero-order valence-electron chi connectivity index (χ0n) is 14.4. The lowest BCUT2D eigenvalue weighted by Gasteiger charge is -2.15. The van der Waals surface area contributed by atoms with Crippen molar-refractivity contribution in [2.75, 3.05) is 14.2 Å². The highest BCUT2D eigenvalue weighted by Crippen LogP contribution is 2.39. The van der Waals surface area contributed by atoms with Crippen LogP contribution in [0.15, 0.2) is 36.4 Å². The quantitative estimate of drug-likeness (QED) is 0.534. The molecule has 0 aliphatic rings. The van der Waals surface area contributed by atoms with Crippen LogP contribution in [0, 0.1) is 0 Å². The van der Waals surface area contributed by atoms with Gasteiger partial charge in [-0.15, -0.1) is 0 Å². The highest BCUT2D eigenvalue weighted by Gasteiger charge is 2.37. The molecule has 2 aromatic carbocycles. The van der Waals surface area contributed by atoms with Crippen LogP contribution < -0.4 is 0 Å². The number of ether oxygens (including phenoxy) is 2. The van der Waals surface area contributed by atoms with Crippen molar-refractivity contribution in [2.45, 2.75) is 12.4 Å². The van der Waals surface area contributed by atoms with Gasteiger partial charge in [-0.05, 0) is 47.5 Å². The summed E-state index contributed by atoms with van der Waals surface area (Å²) in [5.41, 5.74) is -4.25. The molecule has 0 radical (unpaired) electrons. The number of methoxy groups -OCH3 is 2. The van der Waals surface area contributed by atoms with Gasteiger partial charge in [0.1, 0.15) is 0 Å². The summed E-state index contributed by atoms with van der Waals surface area (Å²) in [6, 6.07) is 4.07. The number of hydrogen-bond acceptors (Lipinski definition) is 4. The van der Waals surface area contributed by atoms with Crippen LogP contribution in [0.3, 0.4) is 0 Å². The molecule has 0 atom stereocenters. The van der Waals surface area contributed by atoms with E-state index in [2.05, 4.69) is 9.47 Å². The van der Waals surface area contributed by atoms with Gasteiger partial charge in [0.05, 0.1) is 36.5 Å². The average molecular weight is 406 g/mol. The van der Waals surface area contributed by atoms with Crippen molar-refractivity contribution >= 4 is 11.9 Å². The number of hydrogen-bond donors (Lipinski definition) is 0. The Labute approximate surface area is 154 Å². The zero-order valence-corrected chi connectivity index (χ0v) is 14.4. The van der Waals surface area contributed by atoms with Crippen molar-refractivity contribution in [3.05, 3.63) is 58.7 Å². The Kier molecular flexibility index (Phi) is 5.72. The van der Waals surface area contributed by atoms with E-state index in [4.69, 9.17) is 0 Å². The third-order valence-electron chi connectivity index (χ3n) is 3.70. The topological polar surface area (TPSA) is 52.6 Å². The van der Waals surface area contributed by atoms with Gasteiger partial charge in [0.2, 0.25) is 0 Å². The first-order chi connectivity index (χ1) is 12.9. The number of carbonyl (C=O) groups excluding carboxylic acids is 2. The van der Waals surface area contributed by atoms with Crippen LogP contribution in [0.4, 0.5) is 26.3 Å². The van der Waals surface area contributed by atoms with Crippen LogP contribution in [-0.2, 0) is 21.8 Å². The lowest BCUT2D eigenvalue weighted by atomic mass is 9.96. The van der Waals surface area contributed by atoms with Crippen molar-refractivity contribution in [3.8, 4) is 11.1 Å². The largest absolute Gasteiger partial charge is 0.465 e. The number of esters is 2. The third kappa shape index (κ3) is 4.62. The summed E-state index contributed by atoms with van der Waals surface area (Å²) in [5, 5.41) is 0. The molecule has 0 spiro atoms. The summed E-state index contributed by atoms with van der Waals surface area (Å²) in [4.78, 5) is 23.6. The summed E-state index contributed by atoms with van der Waals surface area (Å²) in [6.07, 6.45) is -10.1. The van der Waals surface area contributed by atoms with Crippen molar-refractivity contribution in [2.24, 2.45) is 0 Å². The molecule has 0 amide bonds. The Morgan fingerprint density at radius 3 is 1.32 bits per heavy atom. The molecule has 0 fully saturated rings. The summed E-state index contributed by atoms with van der Waals surface area (Å²) in [6.45, 7) is 0. The molecule has 0 saturated heterocycles. The van der Waals surface area contributed by atoms with E-state index < -0.39 is 41.0 Å². The van der Waals surface area contributed by atoms with Crippen LogP contribution in [0.1, 0.15) is 31.8 Å². The second kappa shape index (κ2) is 7.53. The van der Waals surface area contributed by atoms with Crippen molar-refractivity contribution in [1.82, 2.24) is 0 Å². The van der Waals surface area contributed by atoms with Crippen LogP contribution in [0.25, 0.3) is 11.1 Å². The zero-order chi connectivity index (χ0) is 21.3. The van der Waals surface area contributed by atoms with E-state index in [-0.39, 0.29) is 22.8 Å². The van der Waals surface area contributed by atoms with E-state index in [1.54, 1.807) is 0 Å². The number of halogens is 6. The highest BCUT2D eigenvalue weighted by molar-refractivity contribution is 5.97. The molecule has 0 aliphatic heterocycles. The fourth-order valence-electron chi connectivity index (χ4n) is 2.39. The van der Waals surface area contributed by atoms with Gasteiger partial charge >= 0.3 is 24.3 Å². The molecule has 0 heterocycles. The Morgan fingerprint density at radius 1 is 0.643 bits per heavy atom. The summed E-state index contributed by atoms with van der Waals surface area (Å²) in [5.74, 6) is -1.87. The van der Waals surface area contributed by atoms with Crippen molar-refractivity contribution in [1.29, 1.82) is 0 Å². The normalized spacial score (nSPS) is 11.9. The molecule has 28 heavy (non-hydrogen) atoms. The molecule has 2 aromatic rings. The van der Waals surface area contributed by atoms with Crippen LogP contribution in [0.5, 0.6) is 0 Å². The first kappa shape index (κ1) is 21.3. The summed E-state index contributed by atoms with van der Waals surface area (Å²) >= 11 is 0. The monoisotopic (exact) mass is 406 g/mol. The Bertz CT molecular complexity index is 849. The van der Waals surface area contributed by atoms with E-state index in [1.165, 1.54) is 0 Å². The van der Waals surface area contributed by atoms with Crippen molar-refractivity contribution < 1.29 is 45.4 Å². The minimum absolute atomic E-state index is 0.0190. The molecular weight excluding hydrogens is 394 g/mol. The SMILES string of the molecule is COC(=O)c1cc(C(=O)OC)cc(-c2cc(C(F)(F)F)cc(C(F)(F)F)c2)c1. The molecule has 0 bridgehead atoms. The van der Waals surface area contributed by atoms with E-state index in [0.29, 0.717) is 12.1 Å². The molecule has 0 saturated carbocycles. The smallest absolute Gasteiger partial charge is 0.416 e. The number of alkyl halides is 6. The van der Waals surface area contributed by atoms with E-state index in [9.17, 15) is 35.9 Å². The van der Waals surface area contributed by atoms with Crippen LogP contribution in [-0.4, -0.2) is 26.2 Å². The second-order valence-electron chi connectivity index (χ2n) is 5.58. The molecular formula is C18H12F6O4. The van der Waals surface area contributed by atoms with Crippen LogP contribution in [0.2, 0.25) is 0 Å². The number of rotatable bonds is 3. The highest BCUT2D eigenvalue weighted by atomic mass is 19.4. The molecule has 0 aromatic heterocycles. The van der Waals surface area contributed by atoms with Gasteiger partial charge in [0.15, 0.2) is 0 Å². The Hall–Kier alpha value is -3.04. The third-order valence-corrected chi connectivity index (χ3v) is 3.70. The first-order valence-corrected chi connectivity index (χ1v) is 7.48. The van der Waals surface area contributed by atoms with E-state index in [1.807, 2.05) is 0 Å². The van der Waals surface area contributed by atoms with Crippen molar-refractivity contribution in [3.63, 3.8) is 0 Å². The van der Waals surface area contributed by atoms with Gasteiger partial charge in [-0.3, -0.25) is 0 Å². The minimum atomic E-state index is -5.04. The molecule has 150 valence electrons. The summed E-state index contributed by atoms with van der Waals surface area (Å²) < 4.78 is 87.4. The standard InChI is InChI=1S/C18H12F6O4/c1-27-15(25)11-3-9(4-12(5-11)16(26)28-2)10-6-13(17(19,20)21)8-14(7-10)18(22,23)24/h3-8H,1-2H3. The van der Waals surface area contributed by atoms with Gasteiger partial charge in [-0.25, -0.2) is 9.59 Å². The molecule has 0 unspecified atom stereocenters. The fourth-order valence-corrected chi connectivity index (χ4v) is 2.39. The Morgan fingerprint density at radius 2 is 1.00 bits per heavy atom. The van der Waals surface area contributed by atoms with Gasteiger partial charge in [-0.2, -0.15) is 26.3 Å². The number of benzene rings is 2. The number of carbonyl (C=O) groups is 2. The first-order valence-electron chi connectivity index (χ1n) is 7.48. The Balaban J connectivity index is 2.78. The summed E-state index contributed by atoms with van der Waals surface area (Å²) in [7, 11) is 2.05. The average Bonchev–Trinajstić information content (AvgIpc) is 2.64. The maximum absolute atomic E-state index is 13.1. The molecule has 10 heteroatoms. The lowest BCUT2D eigenvalue weighted by Crippen LogP contribution is -2.11. The van der Waals surface area contributed by atoms with Gasteiger partial charge in [0.25, 0.3) is 0 Å². The maximum Gasteiger partial charge on any atom is 0.416 e. The molecule has 0 N–H and O–H groups in total.